The SMILES string of the molecule is COC1CCCC1n1c(C(C)(C)C)c[nH]c1=S. The molecular formula is C13H22N2OS. The fourth-order valence-electron chi connectivity index (χ4n) is 2.76. The number of aromatic amines is 1. The summed E-state index contributed by atoms with van der Waals surface area (Å²) in [4.78, 5) is 3.19. The summed E-state index contributed by atoms with van der Waals surface area (Å²) in [5.74, 6) is 0. The fourth-order valence-corrected chi connectivity index (χ4v) is 3.06. The van der Waals surface area contributed by atoms with Crippen molar-refractivity contribution in [3.8, 4) is 0 Å². The second kappa shape index (κ2) is 4.58. The van der Waals surface area contributed by atoms with Crippen molar-refractivity contribution >= 4 is 12.2 Å². The molecule has 1 fully saturated rings. The van der Waals surface area contributed by atoms with Gasteiger partial charge in [0.1, 0.15) is 0 Å². The minimum atomic E-state index is 0.106. The van der Waals surface area contributed by atoms with E-state index in [4.69, 9.17) is 17.0 Å². The van der Waals surface area contributed by atoms with Gasteiger partial charge < -0.3 is 14.3 Å². The first kappa shape index (κ1) is 12.8. The smallest absolute Gasteiger partial charge is 0.177 e. The zero-order valence-corrected chi connectivity index (χ0v) is 11.9. The van der Waals surface area contributed by atoms with E-state index in [1.165, 1.54) is 12.1 Å². The molecule has 1 N–H and O–H groups in total. The van der Waals surface area contributed by atoms with Crippen LogP contribution in [0.3, 0.4) is 0 Å². The molecule has 1 aliphatic rings. The van der Waals surface area contributed by atoms with Gasteiger partial charge in [0.25, 0.3) is 0 Å². The van der Waals surface area contributed by atoms with Gasteiger partial charge in [0.15, 0.2) is 4.77 Å². The third-order valence-electron chi connectivity index (χ3n) is 3.63. The van der Waals surface area contributed by atoms with Crippen LogP contribution in [0, 0.1) is 4.77 Å². The lowest BCUT2D eigenvalue weighted by molar-refractivity contribution is 0.0728. The van der Waals surface area contributed by atoms with Crippen molar-refractivity contribution in [2.45, 2.75) is 57.6 Å². The quantitative estimate of drug-likeness (QED) is 0.818. The molecule has 1 aliphatic carbocycles. The van der Waals surface area contributed by atoms with Crippen LogP contribution < -0.4 is 0 Å². The van der Waals surface area contributed by atoms with E-state index >= 15 is 0 Å². The Bertz CT molecular complexity index is 441. The summed E-state index contributed by atoms with van der Waals surface area (Å²) >= 11 is 5.43. The van der Waals surface area contributed by atoms with Crippen LogP contribution >= 0.6 is 12.2 Å². The summed E-state index contributed by atoms with van der Waals surface area (Å²) in [6.45, 7) is 6.66. The van der Waals surface area contributed by atoms with Crippen molar-refractivity contribution in [2.24, 2.45) is 0 Å². The second-order valence-corrected chi connectivity index (χ2v) is 6.26. The molecule has 4 heteroatoms. The second-order valence-electron chi connectivity index (χ2n) is 5.87. The van der Waals surface area contributed by atoms with E-state index < -0.39 is 0 Å². The molecule has 1 aromatic heterocycles. The fraction of sp³-hybridized carbons (Fsp3) is 0.769. The molecule has 2 unspecified atom stereocenters. The number of rotatable bonds is 2. The summed E-state index contributed by atoms with van der Waals surface area (Å²) < 4.78 is 8.69. The zero-order valence-electron chi connectivity index (χ0n) is 11.1. The maximum Gasteiger partial charge on any atom is 0.177 e. The normalized spacial score (nSPS) is 25.4. The molecule has 0 amide bonds. The molecule has 1 heterocycles. The van der Waals surface area contributed by atoms with Gasteiger partial charge in [-0.2, -0.15) is 0 Å². The highest BCUT2D eigenvalue weighted by Crippen LogP contribution is 2.36. The molecule has 17 heavy (non-hydrogen) atoms. The minimum absolute atomic E-state index is 0.106. The number of H-pyrrole nitrogens is 1. The van der Waals surface area contributed by atoms with E-state index in [0.717, 1.165) is 17.6 Å². The van der Waals surface area contributed by atoms with E-state index in [2.05, 4.69) is 30.3 Å². The Labute approximate surface area is 108 Å². The summed E-state index contributed by atoms with van der Waals surface area (Å²) in [5.41, 5.74) is 1.38. The summed E-state index contributed by atoms with van der Waals surface area (Å²) in [7, 11) is 1.80. The molecule has 96 valence electrons. The third-order valence-corrected chi connectivity index (χ3v) is 3.95. The largest absolute Gasteiger partial charge is 0.379 e. The van der Waals surface area contributed by atoms with Crippen molar-refractivity contribution in [3.63, 3.8) is 0 Å². The summed E-state index contributed by atoms with van der Waals surface area (Å²) in [6, 6.07) is 0.396. The molecular weight excluding hydrogens is 232 g/mol. The van der Waals surface area contributed by atoms with E-state index in [1.54, 1.807) is 7.11 Å². The molecule has 0 bridgehead atoms. The summed E-state index contributed by atoms with van der Waals surface area (Å²) in [6.07, 6.45) is 5.87. The predicted molar refractivity (Wildman–Crippen MR) is 72.0 cm³/mol. The van der Waals surface area contributed by atoms with Gasteiger partial charge in [0.2, 0.25) is 0 Å². The van der Waals surface area contributed by atoms with Crippen LogP contribution in [0.4, 0.5) is 0 Å². The molecule has 0 spiro atoms. The lowest BCUT2D eigenvalue weighted by atomic mass is 9.92. The third kappa shape index (κ3) is 2.33. The van der Waals surface area contributed by atoms with Crippen LogP contribution in [0.25, 0.3) is 0 Å². The van der Waals surface area contributed by atoms with Gasteiger partial charge in [-0.1, -0.05) is 20.8 Å². The van der Waals surface area contributed by atoms with Crippen LogP contribution in [-0.4, -0.2) is 22.8 Å². The molecule has 2 rings (SSSR count). The Morgan fingerprint density at radius 1 is 1.41 bits per heavy atom. The first-order valence-electron chi connectivity index (χ1n) is 6.28. The zero-order chi connectivity index (χ0) is 12.6. The highest BCUT2D eigenvalue weighted by molar-refractivity contribution is 7.71. The first-order valence-corrected chi connectivity index (χ1v) is 6.69. The highest BCUT2D eigenvalue weighted by atomic mass is 32.1. The first-order chi connectivity index (χ1) is 7.95. The van der Waals surface area contributed by atoms with Gasteiger partial charge in [-0.05, 0) is 31.5 Å². The van der Waals surface area contributed by atoms with E-state index in [0.29, 0.717) is 12.1 Å². The number of aromatic nitrogens is 2. The monoisotopic (exact) mass is 254 g/mol. The highest BCUT2D eigenvalue weighted by Gasteiger charge is 2.32. The maximum atomic E-state index is 5.59. The average molecular weight is 254 g/mol. The van der Waals surface area contributed by atoms with E-state index in [9.17, 15) is 0 Å². The van der Waals surface area contributed by atoms with Crippen molar-refractivity contribution in [1.29, 1.82) is 0 Å². The minimum Gasteiger partial charge on any atom is -0.379 e. The van der Waals surface area contributed by atoms with E-state index in [1.807, 2.05) is 6.20 Å². The molecule has 3 nitrogen and oxygen atoms in total. The van der Waals surface area contributed by atoms with Crippen LogP contribution in [0.15, 0.2) is 6.20 Å². The van der Waals surface area contributed by atoms with Crippen LogP contribution in [0.1, 0.15) is 51.8 Å². The molecule has 0 radical (unpaired) electrons. The molecule has 0 saturated heterocycles. The van der Waals surface area contributed by atoms with Crippen molar-refractivity contribution in [3.05, 3.63) is 16.7 Å². The van der Waals surface area contributed by atoms with Crippen molar-refractivity contribution in [1.82, 2.24) is 9.55 Å². The lowest BCUT2D eigenvalue weighted by Gasteiger charge is -2.27. The number of imidazole rings is 1. The van der Waals surface area contributed by atoms with Crippen LogP contribution in [-0.2, 0) is 10.2 Å². The van der Waals surface area contributed by atoms with E-state index in [-0.39, 0.29) is 5.41 Å². The Kier molecular flexibility index (Phi) is 3.46. The Hall–Kier alpha value is -0.610. The lowest BCUT2D eigenvalue weighted by Crippen LogP contribution is -2.26. The van der Waals surface area contributed by atoms with Gasteiger partial charge in [0, 0.05) is 24.4 Å². The topological polar surface area (TPSA) is 29.9 Å². The van der Waals surface area contributed by atoms with Crippen LogP contribution in [0.5, 0.6) is 0 Å². The Balaban J connectivity index is 2.44. The summed E-state index contributed by atoms with van der Waals surface area (Å²) in [5, 5.41) is 0. The number of nitrogens with one attached hydrogen (secondary N) is 1. The Morgan fingerprint density at radius 2 is 2.12 bits per heavy atom. The van der Waals surface area contributed by atoms with Gasteiger partial charge in [-0.15, -0.1) is 0 Å². The molecule has 1 aromatic rings. The maximum absolute atomic E-state index is 5.59. The molecule has 1 saturated carbocycles. The van der Waals surface area contributed by atoms with Gasteiger partial charge in [-0.25, -0.2) is 0 Å². The molecule has 0 aliphatic heterocycles. The number of nitrogens with zero attached hydrogens (tertiary/aromatic N) is 1. The van der Waals surface area contributed by atoms with Crippen molar-refractivity contribution in [2.75, 3.05) is 7.11 Å². The number of methoxy groups -OCH3 is 1. The molecule has 0 aromatic carbocycles. The van der Waals surface area contributed by atoms with Crippen LogP contribution in [0.2, 0.25) is 0 Å². The number of ether oxygens (including phenoxy) is 1. The van der Waals surface area contributed by atoms with Gasteiger partial charge in [-0.3, -0.25) is 0 Å². The number of hydrogen-bond donors (Lipinski definition) is 1. The predicted octanol–water partition coefficient (Wildman–Crippen LogP) is 3.58. The van der Waals surface area contributed by atoms with Crippen molar-refractivity contribution < 1.29 is 4.74 Å². The standard InChI is InChI=1S/C13H22N2OS/c1-13(2,3)11-8-14-12(17)15(11)9-6-5-7-10(9)16-4/h8-10H,5-7H2,1-4H3,(H,14,17). The van der Waals surface area contributed by atoms with Gasteiger partial charge in [0.05, 0.1) is 12.1 Å². The Morgan fingerprint density at radius 3 is 2.71 bits per heavy atom. The average Bonchev–Trinajstić information content (AvgIpc) is 2.81. The van der Waals surface area contributed by atoms with Gasteiger partial charge >= 0.3 is 0 Å². The molecule has 2 atom stereocenters. The number of hydrogen-bond acceptors (Lipinski definition) is 2.